The molecule has 0 aliphatic carbocycles. The second-order valence-electron chi connectivity index (χ2n) is 3.11. The van der Waals surface area contributed by atoms with Crippen molar-refractivity contribution in [3.05, 3.63) is 15.8 Å². The Kier molecular flexibility index (Phi) is 1.89. The van der Waals surface area contributed by atoms with Gasteiger partial charge in [0.1, 0.15) is 0 Å². The van der Waals surface area contributed by atoms with Crippen molar-refractivity contribution in [3.8, 4) is 0 Å². The smallest absolute Gasteiger partial charge is 0.160 e. The van der Waals surface area contributed by atoms with Crippen molar-refractivity contribution in [3.63, 3.8) is 0 Å². The van der Waals surface area contributed by atoms with E-state index in [1.54, 1.807) is 11.3 Å². The summed E-state index contributed by atoms with van der Waals surface area (Å²) in [5, 5.41) is 2.08. The van der Waals surface area contributed by atoms with Crippen molar-refractivity contribution in [1.82, 2.24) is 0 Å². The third-order valence-corrected chi connectivity index (χ3v) is 3.28. The van der Waals surface area contributed by atoms with Gasteiger partial charge in [0, 0.05) is 19.0 Å². The minimum Gasteiger partial charge on any atom is -0.374 e. The van der Waals surface area contributed by atoms with Crippen LogP contribution >= 0.6 is 11.3 Å². The summed E-state index contributed by atoms with van der Waals surface area (Å²) in [6.45, 7) is 1.11. The Balaban J connectivity index is 2.47. The van der Waals surface area contributed by atoms with Crippen LogP contribution in [-0.2, 0) is 6.42 Å². The molecule has 2 heterocycles. The monoisotopic (exact) mass is 181 g/mol. The lowest BCUT2D eigenvalue weighted by atomic mass is 10.1. The number of nitrogens with zero attached hydrogens (tertiary/aromatic N) is 1. The Hall–Kier alpha value is -0.830. The van der Waals surface area contributed by atoms with E-state index in [-0.39, 0.29) is 0 Å². The van der Waals surface area contributed by atoms with Crippen LogP contribution in [-0.4, -0.2) is 19.9 Å². The van der Waals surface area contributed by atoms with E-state index in [0.29, 0.717) is 0 Å². The first-order chi connectivity index (χ1) is 5.83. The lowest BCUT2D eigenvalue weighted by molar-refractivity contribution is 0.112. The van der Waals surface area contributed by atoms with Crippen LogP contribution in [0.3, 0.4) is 0 Å². The van der Waals surface area contributed by atoms with Gasteiger partial charge in [-0.1, -0.05) is 0 Å². The number of fused-ring (bicyclic) bond motifs is 1. The molecule has 1 aromatic rings. The van der Waals surface area contributed by atoms with Crippen LogP contribution in [0.5, 0.6) is 0 Å². The highest BCUT2D eigenvalue weighted by molar-refractivity contribution is 7.12. The van der Waals surface area contributed by atoms with Crippen LogP contribution in [0.25, 0.3) is 0 Å². The topological polar surface area (TPSA) is 20.3 Å². The Morgan fingerprint density at radius 2 is 2.50 bits per heavy atom. The standard InChI is InChI=1S/C9H11NOS/c1-10-4-2-3-7-8(10)6-12-9(7)5-11/h5-6H,2-4H2,1H3. The summed E-state index contributed by atoms with van der Waals surface area (Å²) >= 11 is 1.56. The highest BCUT2D eigenvalue weighted by atomic mass is 32.1. The van der Waals surface area contributed by atoms with E-state index < -0.39 is 0 Å². The van der Waals surface area contributed by atoms with E-state index in [4.69, 9.17) is 0 Å². The molecule has 0 N–H and O–H groups in total. The third-order valence-electron chi connectivity index (χ3n) is 2.34. The first kappa shape index (κ1) is 7.80. The highest BCUT2D eigenvalue weighted by Crippen LogP contribution is 2.32. The van der Waals surface area contributed by atoms with Crippen LogP contribution in [0.15, 0.2) is 5.38 Å². The van der Waals surface area contributed by atoms with Gasteiger partial charge in [0.25, 0.3) is 0 Å². The summed E-state index contributed by atoms with van der Waals surface area (Å²) in [6.07, 6.45) is 3.21. The fraction of sp³-hybridized carbons (Fsp3) is 0.444. The average molecular weight is 181 g/mol. The first-order valence-corrected chi connectivity index (χ1v) is 4.97. The number of rotatable bonds is 1. The van der Waals surface area contributed by atoms with Crippen molar-refractivity contribution in [2.75, 3.05) is 18.5 Å². The molecule has 0 fully saturated rings. The van der Waals surface area contributed by atoms with E-state index >= 15 is 0 Å². The molecular weight excluding hydrogens is 170 g/mol. The molecule has 0 unspecified atom stereocenters. The quantitative estimate of drug-likeness (QED) is 0.617. The van der Waals surface area contributed by atoms with Gasteiger partial charge in [-0.05, 0) is 18.4 Å². The summed E-state index contributed by atoms with van der Waals surface area (Å²) in [7, 11) is 2.08. The average Bonchev–Trinajstić information content (AvgIpc) is 2.49. The maximum Gasteiger partial charge on any atom is 0.160 e. The van der Waals surface area contributed by atoms with Gasteiger partial charge in [-0.2, -0.15) is 0 Å². The van der Waals surface area contributed by atoms with Gasteiger partial charge < -0.3 is 4.90 Å². The van der Waals surface area contributed by atoms with Crippen LogP contribution in [0, 0.1) is 0 Å². The molecule has 0 aromatic carbocycles. The molecule has 0 saturated heterocycles. The lowest BCUT2D eigenvalue weighted by Gasteiger charge is -2.24. The number of thiophene rings is 1. The normalized spacial score (nSPS) is 15.9. The highest BCUT2D eigenvalue weighted by Gasteiger charge is 2.18. The second kappa shape index (κ2) is 2.90. The Morgan fingerprint density at radius 3 is 3.25 bits per heavy atom. The van der Waals surface area contributed by atoms with Crippen molar-refractivity contribution in [2.24, 2.45) is 0 Å². The number of hydrogen-bond donors (Lipinski definition) is 0. The predicted molar refractivity (Wildman–Crippen MR) is 51.3 cm³/mol. The van der Waals surface area contributed by atoms with Crippen LogP contribution in [0.4, 0.5) is 5.69 Å². The summed E-state index contributed by atoms with van der Waals surface area (Å²) in [5.74, 6) is 0. The largest absolute Gasteiger partial charge is 0.374 e. The molecule has 12 heavy (non-hydrogen) atoms. The van der Waals surface area contributed by atoms with E-state index in [2.05, 4.69) is 17.3 Å². The Labute approximate surface area is 75.8 Å². The van der Waals surface area contributed by atoms with Gasteiger partial charge in [-0.3, -0.25) is 4.79 Å². The fourth-order valence-electron chi connectivity index (χ4n) is 1.67. The summed E-state index contributed by atoms with van der Waals surface area (Å²) in [6, 6.07) is 0. The molecule has 0 radical (unpaired) electrons. The number of aldehydes is 1. The molecule has 1 aromatic heterocycles. The number of hydrogen-bond acceptors (Lipinski definition) is 3. The predicted octanol–water partition coefficient (Wildman–Crippen LogP) is 1.94. The maximum atomic E-state index is 10.6. The van der Waals surface area contributed by atoms with Gasteiger partial charge in [-0.25, -0.2) is 0 Å². The molecule has 3 heteroatoms. The molecule has 2 nitrogen and oxygen atoms in total. The van der Waals surface area contributed by atoms with Crippen molar-refractivity contribution in [2.45, 2.75) is 12.8 Å². The number of carbonyl (C=O) groups excluding carboxylic acids is 1. The van der Waals surface area contributed by atoms with E-state index in [1.807, 2.05) is 0 Å². The van der Waals surface area contributed by atoms with Crippen molar-refractivity contribution < 1.29 is 4.79 Å². The Bertz CT molecular complexity index is 305. The minimum absolute atomic E-state index is 0.913. The molecule has 0 atom stereocenters. The fourth-order valence-corrected chi connectivity index (χ4v) is 2.64. The maximum absolute atomic E-state index is 10.6. The van der Waals surface area contributed by atoms with Gasteiger partial charge in [0.15, 0.2) is 6.29 Å². The van der Waals surface area contributed by atoms with Gasteiger partial charge >= 0.3 is 0 Å². The molecule has 1 aliphatic rings. The van der Waals surface area contributed by atoms with E-state index in [1.165, 1.54) is 17.7 Å². The molecule has 64 valence electrons. The Morgan fingerprint density at radius 1 is 1.67 bits per heavy atom. The van der Waals surface area contributed by atoms with Crippen LogP contribution < -0.4 is 4.90 Å². The SMILES string of the molecule is CN1CCCc2c1csc2C=O. The van der Waals surface area contributed by atoms with E-state index in [0.717, 1.165) is 24.1 Å². The molecular formula is C9H11NOS. The summed E-state index contributed by atoms with van der Waals surface area (Å²) in [4.78, 5) is 13.8. The molecule has 1 aliphatic heterocycles. The molecule has 0 spiro atoms. The van der Waals surface area contributed by atoms with Gasteiger partial charge in [0.2, 0.25) is 0 Å². The van der Waals surface area contributed by atoms with Crippen LogP contribution in [0.1, 0.15) is 21.7 Å². The number of carbonyl (C=O) groups is 1. The zero-order valence-electron chi connectivity index (χ0n) is 7.04. The van der Waals surface area contributed by atoms with Crippen molar-refractivity contribution >= 4 is 23.3 Å². The summed E-state index contributed by atoms with van der Waals surface area (Å²) < 4.78 is 0. The molecule has 2 rings (SSSR count). The molecule has 0 saturated carbocycles. The molecule has 0 bridgehead atoms. The van der Waals surface area contributed by atoms with Crippen LogP contribution in [0.2, 0.25) is 0 Å². The van der Waals surface area contributed by atoms with E-state index in [9.17, 15) is 4.79 Å². The summed E-state index contributed by atoms with van der Waals surface area (Å²) in [5.41, 5.74) is 2.51. The van der Waals surface area contributed by atoms with Gasteiger partial charge in [0.05, 0.1) is 10.6 Å². The zero-order valence-corrected chi connectivity index (χ0v) is 7.86. The minimum atomic E-state index is 0.913. The van der Waals surface area contributed by atoms with Crippen molar-refractivity contribution in [1.29, 1.82) is 0 Å². The first-order valence-electron chi connectivity index (χ1n) is 4.09. The van der Waals surface area contributed by atoms with Gasteiger partial charge in [-0.15, -0.1) is 11.3 Å². The zero-order chi connectivity index (χ0) is 8.55. The number of anilines is 1. The third kappa shape index (κ3) is 1.05. The lowest BCUT2D eigenvalue weighted by Crippen LogP contribution is -2.23. The molecule has 0 amide bonds. The second-order valence-corrected chi connectivity index (χ2v) is 4.02.